The smallest absolute Gasteiger partial charge is 0.309 e. The lowest BCUT2D eigenvalue weighted by Gasteiger charge is -2.22. The van der Waals surface area contributed by atoms with Crippen molar-refractivity contribution in [3.05, 3.63) is 28.8 Å². The monoisotopic (exact) mass is 288 g/mol. The molecule has 0 aromatic heterocycles. The first-order chi connectivity index (χ1) is 8.84. The first-order valence-electron chi connectivity index (χ1n) is 5.40. The number of halogens is 4. The molecule has 1 unspecified atom stereocenters. The van der Waals surface area contributed by atoms with Gasteiger partial charge in [0.25, 0.3) is 0 Å². The maximum atomic E-state index is 12.9. The van der Waals surface area contributed by atoms with E-state index in [0.717, 1.165) is 11.0 Å². The van der Waals surface area contributed by atoms with E-state index in [0.29, 0.717) is 0 Å². The van der Waals surface area contributed by atoms with Crippen LogP contribution in [0.3, 0.4) is 0 Å². The van der Waals surface area contributed by atoms with E-state index < -0.39 is 23.6 Å². The number of carbonyl (C=O) groups excluding carboxylic acids is 1. The third-order valence-electron chi connectivity index (χ3n) is 2.87. The summed E-state index contributed by atoms with van der Waals surface area (Å²) in [5.41, 5.74) is -1.33. The molecule has 1 amide bonds. The van der Waals surface area contributed by atoms with Gasteiger partial charge in [0.2, 0.25) is 5.91 Å². The third-order valence-corrected chi connectivity index (χ3v) is 3.17. The van der Waals surface area contributed by atoms with Crippen LogP contribution in [0.4, 0.5) is 18.9 Å². The van der Waals surface area contributed by atoms with Crippen molar-refractivity contribution < 1.29 is 18.0 Å². The van der Waals surface area contributed by atoms with E-state index in [1.165, 1.54) is 12.1 Å². The number of nitrogens with zero attached hydrogens (tertiary/aromatic N) is 2. The van der Waals surface area contributed by atoms with Crippen molar-refractivity contribution in [1.29, 1.82) is 5.26 Å². The van der Waals surface area contributed by atoms with E-state index in [9.17, 15) is 18.0 Å². The molecule has 0 saturated carbocycles. The van der Waals surface area contributed by atoms with Crippen molar-refractivity contribution in [2.45, 2.75) is 12.6 Å². The molecule has 0 spiro atoms. The van der Waals surface area contributed by atoms with Gasteiger partial charge in [0, 0.05) is 13.0 Å². The zero-order valence-electron chi connectivity index (χ0n) is 9.54. The molecule has 1 atom stereocenters. The molecule has 1 aromatic rings. The second-order valence-corrected chi connectivity index (χ2v) is 4.58. The number of carbonyl (C=O) groups is 1. The van der Waals surface area contributed by atoms with Gasteiger partial charge in [-0.2, -0.15) is 18.4 Å². The van der Waals surface area contributed by atoms with Gasteiger partial charge >= 0.3 is 6.18 Å². The second kappa shape index (κ2) is 4.74. The number of para-hydroxylation sites is 1. The van der Waals surface area contributed by atoms with Crippen LogP contribution >= 0.6 is 11.6 Å². The highest BCUT2D eigenvalue weighted by Gasteiger charge is 2.40. The standard InChI is InChI=1S/C12H8ClF3N2O/c13-9-3-1-2-8(12(14,15)16)11(9)18-6-7(5-17)4-10(18)19/h1-3,7H,4,6H2. The fourth-order valence-corrected chi connectivity index (χ4v) is 2.31. The zero-order chi connectivity index (χ0) is 14.2. The Labute approximate surface area is 112 Å². The lowest BCUT2D eigenvalue weighted by atomic mass is 10.1. The molecule has 3 nitrogen and oxygen atoms in total. The Morgan fingerprint density at radius 1 is 1.42 bits per heavy atom. The quantitative estimate of drug-likeness (QED) is 0.796. The Morgan fingerprint density at radius 3 is 2.63 bits per heavy atom. The highest BCUT2D eigenvalue weighted by atomic mass is 35.5. The molecular formula is C12H8ClF3N2O. The van der Waals surface area contributed by atoms with Gasteiger partial charge in [0.05, 0.1) is 28.3 Å². The van der Waals surface area contributed by atoms with Crippen molar-refractivity contribution in [3.63, 3.8) is 0 Å². The van der Waals surface area contributed by atoms with Crippen molar-refractivity contribution in [2.75, 3.05) is 11.4 Å². The van der Waals surface area contributed by atoms with Crippen LogP contribution in [-0.2, 0) is 11.0 Å². The number of amides is 1. The normalized spacial score (nSPS) is 19.6. The maximum Gasteiger partial charge on any atom is 0.418 e. The number of hydrogen-bond acceptors (Lipinski definition) is 2. The summed E-state index contributed by atoms with van der Waals surface area (Å²) in [7, 11) is 0. The molecule has 1 fully saturated rings. The van der Waals surface area contributed by atoms with E-state index in [1.54, 1.807) is 0 Å². The van der Waals surface area contributed by atoms with E-state index in [2.05, 4.69) is 0 Å². The van der Waals surface area contributed by atoms with Gasteiger partial charge in [-0.1, -0.05) is 17.7 Å². The van der Waals surface area contributed by atoms with Crippen LogP contribution in [0.5, 0.6) is 0 Å². The molecule has 0 bridgehead atoms. The number of hydrogen-bond donors (Lipinski definition) is 0. The highest BCUT2D eigenvalue weighted by Crippen LogP contribution is 2.42. The van der Waals surface area contributed by atoms with Crippen LogP contribution in [0.15, 0.2) is 18.2 Å². The first kappa shape index (κ1) is 13.7. The fraction of sp³-hybridized carbons (Fsp3) is 0.333. The molecule has 2 rings (SSSR count). The zero-order valence-corrected chi connectivity index (χ0v) is 10.3. The van der Waals surface area contributed by atoms with Crippen LogP contribution in [0.25, 0.3) is 0 Å². The van der Waals surface area contributed by atoms with Crippen LogP contribution in [0.2, 0.25) is 5.02 Å². The second-order valence-electron chi connectivity index (χ2n) is 4.17. The molecule has 0 radical (unpaired) electrons. The lowest BCUT2D eigenvalue weighted by molar-refractivity contribution is -0.137. The van der Waals surface area contributed by atoms with Crippen molar-refractivity contribution in [3.8, 4) is 6.07 Å². The van der Waals surface area contributed by atoms with Crippen molar-refractivity contribution in [1.82, 2.24) is 0 Å². The fourth-order valence-electron chi connectivity index (χ4n) is 2.03. The molecular weight excluding hydrogens is 281 g/mol. The van der Waals surface area contributed by atoms with E-state index in [-0.39, 0.29) is 23.7 Å². The lowest BCUT2D eigenvalue weighted by Crippen LogP contribution is -2.27. The van der Waals surface area contributed by atoms with Gasteiger partial charge in [-0.3, -0.25) is 4.79 Å². The Morgan fingerprint density at radius 2 is 2.11 bits per heavy atom. The van der Waals surface area contributed by atoms with E-state index >= 15 is 0 Å². The molecule has 19 heavy (non-hydrogen) atoms. The average Bonchev–Trinajstić information content (AvgIpc) is 2.69. The molecule has 1 heterocycles. The summed E-state index contributed by atoms with van der Waals surface area (Å²) in [5, 5.41) is 8.61. The number of anilines is 1. The van der Waals surface area contributed by atoms with Gasteiger partial charge in [-0.15, -0.1) is 0 Å². The number of nitriles is 1. The van der Waals surface area contributed by atoms with Gasteiger partial charge in [-0.25, -0.2) is 0 Å². The summed E-state index contributed by atoms with van der Waals surface area (Å²) in [5.74, 6) is -1.13. The maximum absolute atomic E-state index is 12.9. The molecule has 1 aliphatic rings. The summed E-state index contributed by atoms with van der Waals surface area (Å²) < 4.78 is 38.8. The number of benzene rings is 1. The summed E-state index contributed by atoms with van der Waals surface area (Å²) in [6.45, 7) is -0.0673. The molecule has 0 N–H and O–H groups in total. The summed E-state index contributed by atoms with van der Waals surface area (Å²) in [6, 6.07) is 5.22. The predicted octanol–water partition coefficient (Wildman–Crippen LogP) is 3.24. The summed E-state index contributed by atoms with van der Waals surface area (Å²) in [4.78, 5) is 12.7. The van der Waals surface area contributed by atoms with Crippen LogP contribution in [0, 0.1) is 17.2 Å². The van der Waals surface area contributed by atoms with Crippen LogP contribution < -0.4 is 4.90 Å². The Balaban J connectivity index is 2.51. The van der Waals surface area contributed by atoms with E-state index in [1.807, 2.05) is 6.07 Å². The Bertz CT molecular complexity index is 565. The van der Waals surface area contributed by atoms with Crippen molar-refractivity contribution >= 4 is 23.2 Å². The van der Waals surface area contributed by atoms with Gasteiger partial charge in [0.15, 0.2) is 0 Å². The number of rotatable bonds is 1. The first-order valence-corrected chi connectivity index (χ1v) is 5.78. The predicted molar refractivity (Wildman–Crippen MR) is 62.5 cm³/mol. The summed E-state index contributed by atoms with van der Waals surface area (Å²) in [6.07, 6.45) is -4.69. The van der Waals surface area contributed by atoms with Gasteiger partial charge in [-0.05, 0) is 12.1 Å². The topological polar surface area (TPSA) is 44.1 Å². The summed E-state index contributed by atoms with van der Waals surface area (Å²) >= 11 is 5.79. The number of alkyl halides is 3. The Hall–Kier alpha value is -1.74. The molecule has 7 heteroatoms. The van der Waals surface area contributed by atoms with Crippen LogP contribution in [-0.4, -0.2) is 12.5 Å². The highest BCUT2D eigenvalue weighted by molar-refractivity contribution is 6.34. The molecule has 0 aliphatic carbocycles. The minimum Gasteiger partial charge on any atom is -0.309 e. The largest absolute Gasteiger partial charge is 0.418 e. The molecule has 1 aliphatic heterocycles. The van der Waals surface area contributed by atoms with Crippen LogP contribution in [0.1, 0.15) is 12.0 Å². The SMILES string of the molecule is N#CC1CC(=O)N(c2c(Cl)cccc2C(F)(F)F)C1. The molecule has 1 aromatic carbocycles. The van der Waals surface area contributed by atoms with Gasteiger partial charge in [0.1, 0.15) is 0 Å². The minimum atomic E-state index is -4.61. The third kappa shape index (κ3) is 2.51. The van der Waals surface area contributed by atoms with Crippen molar-refractivity contribution in [2.24, 2.45) is 5.92 Å². The van der Waals surface area contributed by atoms with Gasteiger partial charge < -0.3 is 4.90 Å². The Kier molecular flexibility index (Phi) is 3.42. The van der Waals surface area contributed by atoms with E-state index in [4.69, 9.17) is 16.9 Å². The molecule has 100 valence electrons. The molecule has 1 saturated heterocycles. The minimum absolute atomic E-state index is 0.0673. The average molecular weight is 289 g/mol.